The Hall–Kier alpha value is -0.970. The van der Waals surface area contributed by atoms with Crippen molar-refractivity contribution in [1.82, 2.24) is 9.80 Å². The Bertz CT molecular complexity index is 353. The summed E-state index contributed by atoms with van der Waals surface area (Å²) in [6.45, 7) is 7.03. The molecule has 0 atom stereocenters. The molecule has 1 aromatic carbocycles. The van der Waals surface area contributed by atoms with E-state index in [2.05, 4.69) is 9.80 Å². The highest BCUT2D eigenvalue weighted by molar-refractivity contribution is 5.15. The summed E-state index contributed by atoms with van der Waals surface area (Å²) in [6, 6.07) is 6.82. The Labute approximate surface area is 108 Å². The predicted octanol–water partition coefficient (Wildman–Crippen LogP) is 1.29. The average molecular weight is 251 g/mol. The third-order valence-corrected chi connectivity index (χ3v) is 3.45. The van der Waals surface area contributed by atoms with Crippen LogP contribution in [0.25, 0.3) is 0 Å². The minimum Gasteiger partial charge on any atom is -0.329 e. The van der Waals surface area contributed by atoms with Crippen LogP contribution in [-0.2, 0) is 6.54 Å². The monoisotopic (exact) mass is 251 g/mol. The second kappa shape index (κ2) is 6.83. The molecule has 1 aromatic rings. The fourth-order valence-corrected chi connectivity index (χ4v) is 2.44. The molecule has 18 heavy (non-hydrogen) atoms. The lowest BCUT2D eigenvalue weighted by Crippen LogP contribution is -2.33. The van der Waals surface area contributed by atoms with Crippen molar-refractivity contribution in [2.45, 2.75) is 13.0 Å². The molecule has 0 amide bonds. The quantitative estimate of drug-likeness (QED) is 0.875. The van der Waals surface area contributed by atoms with Gasteiger partial charge in [-0.05, 0) is 37.2 Å². The first kappa shape index (κ1) is 13.5. The third-order valence-electron chi connectivity index (χ3n) is 3.45. The molecule has 1 fully saturated rings. The highest BCUT2D eigenvalue weighted by atomic mass is 19.1. The topological polar surface area (TPSA) is 32.5 Å². The lowest BCUT2D eigenvalue weighted by Gasteiger charge is -2.21. The van der Waals surface area contributed by atoms with Crippen LogP contribution in [0.1, 0.15) is 12.0 Å². The summed E-state index contributed by atoms with van der Waals surface area (Å²) in [6.07, 6.45) is 1.18. The van der Waals surface area contributed by atoms with Gasteiger partial charge >= 0.3 is 0 Å². The van der Waals surface area contributed by atoms with Gasteiger partial charge in [-0.1, -0.05) is 12.1 Å². The number of benzene rings is 1. The second-order valence-electron chi connectivity index (χ2n) is 4.89. The van der Waals surface area contributed by atoms with E-state index < -0.39 is 0 Å². The Balaban J connectivity index is 1.84. The number of halogens is 1. The Kier molecular flexibility index (Phi) is 5.11. The SMILES string of the molecule is NCCN1CCCN(Cc2ccc(F)cc2)CC1. The Morgan fingerprint density at radius 3 is 2.39 bits per heavy atom. The molecule has 0 bridgehead atoms. The fourth-order valence-electron chi connectivity index (χ4n) is 2.44. The van der Waals surface area contributed by atoms with Crippen LogP contribution in [-0.4, -0.2) is 49.1 Å². The van der Waals surface area contributed by atoms with Gasteiger partial charge in [0.2, 0.25) is 0 Å². The van der Waals surface area contributed by atoms with Crippen molar-refractivity contribution < 1.29 is 4.39 Å². The van der Waals surface area contributed by atoms with Crippen LogP contribution in [0.2, 0.25) is 0 Å². The zero-order valence-electron chi connectivity index (χ0n) is 10.8. The van der Waals surface area contributed by atoms with E-state index in [1.807, 2.05) is 12.1 Å². The van der Waals surface area contributed by atoms with Gasteiger partial charge in [-0.3, -0.25) is 4.90 Å². The van der Waals surface area contributed by atoms with E-state index in [-0.39, 0.29) is 5.82 Å². The van der Waals surface area contributed by atoms with Crippen molar-refractivity contribution >= 4 is 0 Å². The molecule has 1 aliphatic heterocycles. The van der Waals surface area contributed by atoms with Crippen molar-refractivity contribution in [1.29, 1.82) is 0 Å². The molecule has 3 nitrogen and oxygen atoms in total. The van der Waals surface area contributed by atoms with E-state index in [9.17, 15) is 4.39 Å². The summed E-state index contributed by atoms with van der Waals surface area (Å²) < 4.78 is 12.8. The van der Waals surface area contributed by atoms with Crippen LogP contribution >= 0.6 is 0 Å². The Morgan fingerprint density at radius 1 is 1.00 bits per heavy atom. The van der Waals surface area contributed by atoms with Crippen LogP contribution in [0.4, 0.5) is 4.39 Å². The molecule has 2 rings (SSSR count). The molecule has 1 aliphatic rings. The minimum atomic E-state index is -0.163. The van der Waals surface area contributed by atoms with Crippen molar-refractivity contribution in [3.63, 3.8) is 0 Å². The van der Waals surface area contributed by atoms with E-state index in [0.29, 0.717) is 0 Å². The maximum atomic E-state index is 12.8. The number of rotatable bonds is 4. The van der Waals surface area contributed by atoms with E-state index in [0.717, 1.165) is 45.8 Å². The number of hydrogen-bond donors (Lipinski definition) is 1. The first-order chi connectivity index (χ1) is 8.78. The van der Waals surface area contributed by atoms with E-state index >= 15 is 0 Å². The Morgan fingerprint density at radius 2 is 1.67 bits per heavy atom. The van der Waals surface area contributed by atoms with E-state index in [4.69, 9.17) is 5.73 Å². The molecule has 100 valence electrons. The molecule has 1 saturated heterocycles. The van der Waals surface area contributed by atoms with Gasteiger partial charge < -0.3 is 10.6 Å². The van der Waals surface area contributed by atoms with E-state index in [1.54, 1.807) is 0 Å². The van der Waals surface area contributed by atoms with Gasteiger partial charge in [-0.15, -0.1) is 0 Å². The zero-order chi connectivity index (χ0) is 12.8. The maximum absolute atomic E-state index is 12.8. The largest absolute Gasteiger partial charge is 0.329 e. The normalized spacial score (nSPS) is 18.8. The average Bonchev–Trinajstić information content (AvgIpc) is 2.59. The summed E-state index contributed by atoms with van der Waals surface area (Å²) in [5.41, 5.74) is 6.78. The number of nitrogens with zero attached hydrogens (tertiary/aromatic N) is 2. The predicted molar refractivity (Wildman–Crippen MR) is 71.8 cm³/mol. The lowest BCUT2D eigenvalue weighted by molar-refractivity contribution is 0.255. The second-order valence-corrected chi connectivity index (χ2v) is 4.89. The number of hydrogen-bond acceptors (Lipinski definition) is 3. The van der Waals surface area contributed by atoms with Crippen molar-refractivity contribution in [3.8, 4) is 0 Å². The molecule has 2 N–H and O–H groups in total. The van der Waals surface area contributed by atoms with E-state index in [1.165, 1.54) is 24.1 Å². The fraction of sp³-hybridized carbons (Fsp3) is 0.571. The van der Waals surface area contributed by atoms with Crippen LogP contribution in [0.3, 0.4) is 0 Å². The van der Waals surface area contributed by atoms with Crippen molar-refractivity contribution in [2.24, 2.45) is 5.73 Å². The summed E-state index contributed by atoms with van der Waals surface area (Å²) in [5.74, 6) is -0.163. The van der Waals surface area contributed by atoms with Crippen LogP contribution in [0, 0.1) is 5.82 Å². The van der Waals surface area contributed by atoms with Gasteiger partial charge in [0.25, 0.3) is 0 Å². The van der Waals surface area contributed by atoms with Gasteiger partial charge in [0.15, 0.2) is 0 Å². The third kappa shape index (κ3) is 4.05. The minimum absolute atomic E-state index is 0.163. The highest BCUT2D eigenvalue weighted by Gasteiger charge is 2.14. The first-order valence-corrected chi connectivity index (χ1v) is 6.67. The smallest absolute Gasteiger partial charge is 0.123 e. The molecule has 0 saturated carbocycles. The summed E-state index contributed by atoms with van der Waals surface area (Å²) in [7, 11) is 0. The molecule has 0 spiro atoms. The molecule has 4 heteroatoms. The molecule has 0 aromatic heterocycles. The standard InChI is InChI=1S/C14H22FN3/c15-14-4-2-13(3-5-14)12-18-8-1-7-17(9-6-16)10-11-18/h2-5H,1,6-12,16H2. The summed E-state index contributed by atoms with van der Waals surface area (Å²) in [5, 5.41) is 0. The van der Waals surface area contributed by atoms with Crippen LogP contribution < -0.4 is 5.73 Å². The molecule has 0 unspecified atom stereocenters. The lowest BCUT2D eigenvalue weighted by atomic mass is 10.2. The van der Waals surface area contributed by atoms with Crippen LogP contribution in [0.5, 0.6) is 0 Å². The van der Waals surface area contributed by atoms with Gasteiger partial charge in [0.1, 0.15) is 5.82 Å². The highest BCUT2D eigenvalue weighted by Crippen LogP contribution is 2.09. The summed E-state index contributed by atoms with van der Waals surface area (Å²) in [4.78, 5) is 4.86. The first-order valence-electron chi connectivity index (χ1n) is 6.67. The maximum Gasteiger partial charge on any atom is 0.123 e. The molecule has 0 radical (unpaired) electrons. The van der Waals surface area contributed by atoms with Crippen molar-refractivity contribution in [3.05, 3.63) is 35.6 Å². The zero-order valence-corrected chi connectivity index (χ0v) is 10.8. The van der Waals surface area contributed by atoms with Gasteiger partial charge in [0.05, 0.1) is 0 Å². The molecular weight excluding hydrogens is 229 g/mol. The van der Waals surface area contributed by atoms with Crippen molar-refractivity contribution in [2.75, 3.05) is 39.3 Å². The number of nitrogens with two attached hydrogens (primary N) is 1. The van der Waals surface area contributed by atoms with Crippen LogP contribution in [0.15, 0.2) is 24.3 Å². The summed E-state index contributed by atoms with van der Waals surface area (Å²) >= 11 is 0. The molecule has 1 heterocycles. The molecular formula is C14H22FN3. The van der Waals surface area contributed by atoms with Gasteiger partial charge in [0, 0.05) is 32.7 Å². The molecule has 0 aliphatic carbocycles. The van der Waals surface area contributed by atoms with Gasteiger partial charge in [-0.25, -0.2) is 4.39 Å². The van der Waals surface area contributed by atoms with Gasteiger partial charge in [-0.2, -0.15) is 0 Å².